The molecule has 0 spiro atoms. The van der Waals surface area contributed by atoms with Crippen molar-refractivity contribution < 1.29 is 26.2 Å². The molecule has 1 N–H and O–H groups in total. The number of aromatic nitrogens is 3. The van der Waals surface area contributed by atoms with Crippen molar-refractivity contribution in [3.63, 3.8) is 0 Å². The second-order valence-electron chi connectivity index (χ2n) is 16.5. The number of nitrogens with zero attached hydrogens (tertiary/aromatic N) is 3. The Morgan fingerprint density at radius 2 is 1.15 bits per heavy atom. The topological polar surface area (TPSA) is 50.9 Å². The summed E-state index contributed by atoms with van der Waals surface area (Å²) in [4.78, 5) is 10.8. The average molecular weight is 972 g/mol. The van der Waals surface area contributed by atoms with Gasteiger partial charge in [-0.05, 0) is 86.9 Å². The number of hydrogen-bond donors (Lipinski definition) is 1. The van der Waals surface area contributed by atoms with Crippen LogP contribution in [0.5, 0.6) is 5.75 Å². The van der Waals surface area contributed by atoms with Crippen LogP contribution >= 0.6 is 0 Å². The molecule has 1 aliphatic rings. The third-order valence-electron chi connectivity index (χ3n) is 12.1. The summed E-state index contributed by atoms with van der Waals surface area (Å²) in [7, 11) is 0. The van der Waals surface area contributed by atoms with Crippen molar-refractivity contribution in [3.8, 4) is 78.9 Å². The van der Waals surface area contributed by atoms with E-state index in [0.29, 0.717) is 0 Å². The molecule has 5 heteroatoms. The molecule has 0 saturated carbocycles. The minimum Gasteiger partial charge on any atom is -0.507 e. The molecule has 0 radical (unpaired) electrons. The van der Waals surface area contributed by atoms with E-state index in [1.54, 1.807) is 6.07 Å². The van der Waals surface area contributed by atoms with E-state index in [4.69, 9.17) is 9.97 Å². The molecule has 0 saturated heterocycles. The second kappa shape index (κ2) is 16.6. The monoisotopic (exact) mass is 971 g/mol. The number of benzene rings is 7. The third-order valence-corrected chi connectivity index (χ3v) is 12.1. The van der Waals surface area contributed by atoms with Crippen LogP contribution in [0.25, 0.3) is 83.9 Å². The summed E-state index contributed by atoms with van der Waals surface area (Å²) in [6.45, 7) is 9.06. The van der Waals surface area contributed by atoms with Gasteiger partial charge >= 0.3 is 0 Å². The van der Waals surface area contributed by atoms with Gasteiger partial charge in [-0.25, -0.2) is 9.97 Å². The third kappa shape index (κ3) is 7.23. The van der Waals surface area contributed by atoms with E-state index in [-0.39, 0.29) is 38.7 Å². The quantitative estimate of drug-likeness (QED) is 0.154. The molecular formula is C56H46N3OPt-. The Labute approximate surface area is 372 Å². The Kier molecular flexibility index (Phi) is 10.9. The molecule has 0 fully saturated rings. The smallest absolute Gasteiger partial charge is 0.125 e. The molecule has 2 heterocycles. The standard InChI is InChI=1S/C56H46N3O.Pt/c1-35(2)43-21-13-22-44(36(3)4)55(43)59-34-50(49-32-31-41-29-28-40-20-12-26-51(60)53(40)54(41)57-49)58-56(59)47-25-11-19-39-27-30-42(33-48(39)47)52-45(37-15-7-5-8-16-37)23-14-24-46(52)38-17-9-6-10-18-38;/h5-27,30-32,34-36,60H,28-29H2,1-4H3;/q-1;. The van der Waals surface area contributed by atoms with Crippen LogP contribution in [0, 0.1) is 6.07 Å². The molecule has 4 nitrogen and oxygen atoms in total. The number of rotatable bonds is 8. The maximum atomic E-state index is 11.1. The predicted molar refractivity (Wildman–Crippen MR) is 248 cm³/mol. The van der Waals surface area contributed by atoms with Crippen LogP contribution in [0.4, 0.5) is 0 Å². The van der Waals surface area contributed by atoms with E-state index in [9.17, 15) is 5.11 Å². The van der Waals surface area contributed by atoms with Crippen LogP contribution in [-0.2, 0) is 33.9 Å². The van der Waals surface area contributed by atoms with E-state index in [1.165, 1.54) is 11.1 Å². The zero-order valence-corrected chi connectivity index (χ0v) is 37.0. The molecular weight excluding hydrogens is 926 g/mol. The SMILES string of the molecule is CC(C)c1cccc(C(C)C)c1-n1cc(-c2ccc3c(n2)-c2c(O)cccc2CC3)nc1-c1cccc2ccc(-c3c(-c4ccccc4)cccc3-c3ccccc3)[c-]c12.[Pt]. The van der Waals surface area contributed by atoms with Crippen molar-refractivity contribution >= 4 is 10.8 Å². The second-order valence-corrected chi connectivity index (χ2v) is 16.5. The molecule has 7 aromatic carbocycles. The summed E-state index contributed by atoms with van der Waals surface area (Å²) in [5, 5.41) is 13.2. The van der Waals surface area contributed by atoms with Gasteiger partial charge in [-0.1, -0.05) is 172 Å². The number of aromatic hydroxyl groups is 1. The van der Waals surface area contributed by atoms with Gasteiger partial charge in [0.15, 0.2) is 0 Å². The van der Waals surface area contributed by atoms with Crippen molar-refractivity contribution in [2.24, 2.45) is 0 Å². The summed E-state index contributed by atoms with van der Waals surface area (Å²) in [5.74, 6) is 1.65. The molecule has 0 bridgehead atoms. The predicted octanol–water partition coefficient (Wildman–Crippen LogP) is 14.3. The molecule has 10 rings (SSSR count). The molecule has 9 aromatic rings. The normalized spacial score (nSPS) is 12.0. The first kappa shape index (κ1) is 40.1. The van der Waals surface area contributed by atoms with Crippen LogP contribution in [0.15, 0.2) is 164 Å². The van der Waals surface area contributed by atoms with Crippen LogP contribution in [0.3, 0.4) is 0 Å². The van der Waals surface area contributed by atoms with Crippen molar-refractivity contribution in [1.29, 1.82) is 0 Å². The summed E-state index contributed by atoms with van der Waals surface area (Å²) < 4.78 is 2.31. The first-order valence-electron chi connectivity index (χ1n) is 21.1. The van der Waals surface area contributed by atoms with E-state index < -0.39 is 0 Å². The largest absolute Gasteiger partial charge is 0.507 e. The fraction of sp³-hybridized carbons (Fsp3) is 0.143. The van der Waals surface area contributed by atoms with Crippen molar-refractivity contribution in [1.82, 2.24) is 14.5 Å². The zero-order chi connectivity index (χ0) is 40.9. The van der Waals surface area contributed by atoms with E-state index in [0.717, 1.165) is 108 Å². The molecule has 2 aromatic heterocycles. The molecule has 1 aliphatic carbocycles. The number of aryl methyl sites for hydroxylation is 2. The molecule has 0 unspecified atom stereocenters. The zero-order valence-electron chi connectivity index (χ0n) is 34.8. The number of imidazole rings is 1. The number of pyridine rings is 1. The van der Waals surface area contributed by atoms with Gasteiger partial charge in [-0.2, -0.15) is 0 Å². The fourth-order valence-electron chi connectivity index (χ4n) is 9.13. The maximum Gasteiger partial charge on any atom is 0.125 e. The first-order valence-corrected chi connectivity index (χ1v) is 21.1. The van der Waals surface area contributed by atoms with Gasteiger partial charge in [-0.3, -0.25) is 0 Å². The number of phenolic OH excluding ortho intramolecular Hbond substituents is 1. The Morgan fingerprint density at radius 3 is 1.82 bits per heavy atom. The summed E-state index contributed by atoms with van der Waals surface area (Å²) in [6.07, 6.45) is 3.93. The van der Waals surface area contributed by atoms with Gasteiger partial charge in [0.25, 0.3) is 0 Å². The van der Waals surface area contributed by atoms with Gasteiger partial charge in [0.1, 0.15) is 17.3 Å². The van der Waals surface area contributed by atoms with E-state index in [2.05, 4.69) is 190 Å². The summed E-state index contributed by atoms with van der Waals surface area (Å²) in [5.41, 5.74) is 17.0. The Morgan fingerprint density at radius 1 is 0.541 bits per heavy atom. The number of phenols is 1. The molecule has 302 valence electrons. The van der Waals surface area contributed by atoms with Gasteiger partial charge in [0, 0.05) is 32.8 Å². The first-order chi connectivity index (χ1) is 29.3. The summed E-state index contributed by atoms with van der Waals surface area (Å²) >= 11 is 0. The Bertz CT molecular complexity index is 2970. The molecule has 0 aliphatic heterocycles. The van der Waals surface area contributed by atoms with E-state index in [1.807, 2.05) is 6.07 Å². The van der Waals surface area contributed by atoms with Crippen LogP contribution in [0.1, 0.15) is 61.8 Å². The summed E-state index contributed by atoms with van der Waals surface area (Å²) in [6, 6.07) is 59.6. The van der Waals surface area contributed by atoms with Gasteiger partial charge in [0.05, 0.1) is 17.1 Å². The Balaban J connectivity index is 0.00000476. The van der Waals surface area contributed by atoms with Crippen molar-refractivity contribution in [2.75, 3.05) is 0 Å². The average Bonchev–Trinajstić information content (AvgIpc) is 3.73. The van der Waals surface area contributed by atoms with Crippen LogP contribution < -0.4 is 0 Å². The molecule has 0 atom stereocenters. The van der Waals surface area contributed by atoms with Crippen LogP contribution in [-0.4, -0.2) is 19.6 Å². The molecule has 0 amide bonds. The number of para-hydroxylation sites is 1. The van der Waals surface area contributed by atoms with Gasteiger partial charge < -0.3 is 9.67 Å². The fourth-order valence-corrected chi connectivity index (χ4v) is 9.13. The van der Waals surface area contributed by atoms with Crippen molar-refractivity contribution in [2.45, 2.75) is 52.4 Å². The minimum atomic E-state index is 0. The maximum absolute atomic E-state index is 11.1. The Hall–Kier alpha value is -6.35. The van der Waals surface area contributed by atoms with Gasteiger partial charge in [-0.15, -0.1) is 29.1 Å². The van der Waals surface area contributed by atoms with Crippen molar-refractivity contribution in [3.05, 3.63) is 192 Å². The molecule has 61 heavy (non-hydrogen) atoms. The van der Waals surface area contributed by atoms with Crippen LogP contribution in [0.2, 0.25) is 0 Å². The van der Waals surface area contributed by atoms with Gasteiger partial charge in [0.2, 0.25) is 0 Å². The number of hydrogen-bond acceptors (Lipinski definition) is 3. The van der Waals surface area contributed by atoms with E-state index >= 15 is 0 Å². The minimum absolute atomic E-state index is 0. The number of fused-ring (bicyclic) bond motifs is 4.